The molecule has 2 rings (SSSR count). The Morgan fingerprint density at radius 2 is 2.29 bits per heavy atom. The van der Waals surface area contributed by atoms with Crippen molar-refractivity contribution >= 4 is 5.97 Å². The number of hydrogen-bond donors (Lipinski definition) is 1. The Morgan fingerprint density at radius 1 is 1.47 bits per heavy atom. The van der Waals surface area contributed by atoms with Crippen molar-refractivity contribution in [3.8, 4) is 11.1 Å². The highest BCUT2D eigenvalue weighted by Crippen LogP contribution is 2.23. The van der Waals surface area contributed by atoms with Crippen LogP contribution in [0.15, 0.2) is 30.7 Å². The molecule has 2 aromatic rings. The lowest BCUT2D eigenvalue weighted by Crippen LogP contribution is -2.04. The van der Waals surface area contributed by atoms with Crippen LogP contribution in [0.3, 0.4) is 0 Å². The third kappa shape index (κ3) is 2.50. The second kappa shape index (κ2) is 4.78. The molecule has 0 aliphatic carbocycles. The van der Waals surface area contributed by atoms with Crippen LogP contribution in [-0.2, 0) is 18.3 Å². The van der Waals surface area contributed by atoms with Crippen molar-refractivity contribution in [3.05, 3.63) is 36.4 Å². The number of aliphatic carboxylic acids is 1. The first-order valence-electron chi connectivity index (χ1n) is 5.31. The Morgan fingerprint density at radius 3 is 2.94 bits per heavy atom. The standard InChI is InChI=1S/C12H13N3O2/c1-15-11(4-5-12(16)17)10(8-14-15)9-3-2-6-13-7-9/h2-3,6-8H,4-5H2,1H3,(H,16,17). The molecule has 88 valence electrons. The molecule has 0 atom stereocenters. The number of nitrogens with zero attached hydrogens (tertiary/aromatic N) is 3. The topological polar surface area (TPSA) is 68.0 Å². The van der Waals surface area contributed by atoms with Gasteiger partial charge in [0.1, 0.15) is 0 Å². The van der Waals surface area contributed by atoms with E-state index >= 15 is 0 Å². The Kier molecular flexibility index (Phi) is 3.18. The zero-order valence-electron chi connectivity index (χ0n) is 9.50. The van der Waals surface area contributed by atoms with E-state index in [1.165, 1.54) is 0 Å². The minimum absolute atomic E-state index is 0.104. The molecule has 0 saturated carbocycles. The highest BCUT2D eigenvalue weighted by atomic mass is 16.4. The van der Waals surface area contributed by atoms with E-state index in [1.807, 2.05) is 19.2 Å². The number of hydrogen-bond acceptors (Lipinski definition) is 3. The maximum atomic E-state index is 10.6. The van der Waals surface area contributed by atoms with Gasteiger partial charge in [0.25, 0.3) is 0 Å². The maximum absolute atomic E-state index is 10.6. The van der Waals surface area contributed by atoms with Gasteiger partial charge in [-0.25, -0.2) is 0 Å². The molecule has 0 saturated heterocycles. The van der Waals surface area contributed by atoms with E-state index in [2.05, 4.69) is 10.1 Å². The molecule has 2 aromatic heterocycles. The van der Waals surface area contributed by atoms with Crippen LogP contribution in [0.5, 0.6) is 0 Å². The number of aryl methyl sites for hydroxylation is 1. The predicted molar refractivity (Wildman–Crippen MR) is 62.4 cm³/mol. The minimum Gasteiger partial charge on any atom is -0.481 e. The molecular weight excluding hydrogens is 218 g/mol. The summed E-state index contributed by atoms with van der Waals surface area (Å²) in [4.78, 5) is 14.7. The van der Waals surface area contributed by atoms with Gasteiger partial charge in [-0.05, 0) is 6.07 Å². The Hall–Kier alpha value is -2.17. The summed E-state index contributed by atoms with van der Waals surface area (Å²) < 4.78 is 1.71. The van der Waals surface area contributed by atoms with Crippen molar-refractivity contribution in [2.45, 2.75) is 12.8 Å². The molecule has 1 N–H and O–H groups in total. The number of carboxylic acid groups (broad SMARTS) is 1. The average Bonchev–Trinajstić information content (AvgIpc) is 2.69. The van der Waals surface area contributed by atoms with E-state index < -0.39 is 5.97 Å². The van der Waals surface area contributed by atoms with Crippen molar-refractivity contribution in [1.29, 1.82) is 0 Å². The van der Waals surface area contributed by atoms with Gasteiger partial charge in [-0.2, -0.15) is 5.10 Å². The Labute approximate surface area is 98.7 Å². The van der Waals surface area contributed by atoms with Crippen molar-refractivity contribution < 1.29 is 9.90 Å². The van der Waals surface area contributed by atoms with Gasteiger partial charge in [0.15, 0.2) is 0 Å². The lowest BCUT2D eigenvalue weighted by atomic mass is 10.1. The van der Waals surface area contributed by atoms with Gasteiger partial charge >= 0.3 is 5.97 Å². The van der Waals surface area contributed by atoms with Crippen molar-refractivity contribution in [1.82, 2.24) is 14.8 Å². The fraction of sp³-hybridized carbons (Fsp3) is 0.250. The van der Waals surface area contributed by atoms with E-state index in [4.69, 9.17) is 5.11 Å². The van der Waals surface area contributed by atoms with Gasteiger partial charge in [0.2, 0.25) is 0 Å². The summed E-state index contributed by atoms with van der Waals surface area (Å²) in [5.74, 6) is -0.802. The van der Waals surface area contributed by atoms with Crippen LogP contribution in [0.4, 0.5) is 0 Å². The van der Waals surface area contributed by atoms with Crippen LogP contribution in [-0.4, -0.2) is 25.8 Å². The normalized spacial score (nSPS) is 10.4. The summed E-state index contributed by atoms with van der Waals surface area (Å²) >= 11 is 0. The maximum Gasteiger partial charge on any atom is 0.303 e. The highest BCUT2D eigenvalue weighted by molar-refractivity contribution is 5.69. The van der Waals surface area contributed by atoms with Gasteiger partial charge in [-0.15, -0.1) is 0 Å². The molecule has 0 aromatic carbocycles. The first kappa shape index (κ1) is 11.3. The van der Waals surface area contributed by atoms with E-state index in [0.717, 1.165) is 16.8 Å². The molecule has 0 aliphatic heterocycles. The van der Waals surface area contributed by atoms with E-state index in [9.17, 15) is 4.79 Å². The Balaban J connectivity index is 2.32. The lowest BCUT2D eigenvalue weighted by molar-refractivity contribution is -0.136. The summed E-state index contributed by atoms with van der Waals surface area (Å²) in [6.45, 7) is 0. The number of rotatable bonds is 4. The van der Waals surface area contributed by atoms with E-state index in [-0.39, 0.29) is 6.42 Å². The predicted octanol–water partition coefficient (Wildman–Crippen LogP) is 1.50. The summed E-state index contributed by atoms with van der Waals surface area (Å²) in [6.07, 6.45) is 5.77. The molecule has 5 heteroatoms. The van der Waals surface area contributed by atoms with Crippen molar-refractivity contribution in [2.75, 3.05) is 0 Å². The van der Waals surface area contributed by atoms with Crippen LogP contribution in [0.2, 0.25) is 0 Å². The first-order valence-corrected chi connectivity index (χ1v) is 5.31. The highest BCUT2D eigenvalue weighted by Gasteiger charge is 2.11. The van der Waals surface area contributed by atoms with Gasteiger partial charge in [0, 0.05) is 42.7 Å². The van der Waals surface area contributed by atoms with E-state index in [0.29, 0.717) is 6.42 Å². The molecule has 0 bridgehead atoms. The second-order valence-corrected chi connectivity index (χ2v) is 3.76. The quantitative estimate of drug-likeness (QED) is 0.865. The smallest absolute Gasteiger partial charge is 0.303 e. The van der Waals surface area contributed by atoms with Crippen LogP contribution >= 0.6 is 0 Å². The second-order valence-electron chi connectivity index (χ2n) is 3.76. The monoisotopic (exact) mass is 231 g/mol. The molecule has 0 radical (unpaired) electrons. The largest absolute Gasteiger partial charge is 0.481 e. The molecule has 0 fully saturated rings. The van der Waals surface area contributed by atoms with Gasteiger partial charge in [-0.1, -0.05) is 6.07 Å². The fourth-order valence-electron chi connectivity index (χ4n) is 1.75. The van der Waals surface area contributed by atoms with Crippen molar-refractivity contribution in [2.24, 2.45) is 7.05 Å². The van der Waals surface area contributed by atoms with Gasteiger partial charge in [-0.3, -0.25) is 14.5 Å². The summed E-state index contributed by atoms with van der Waals surface area (Å²) in [5.41, 5.74) is 2.82. The molecule has 17 heavy (non-hydrogen) atoms. The average molecular weight is 231 g/mol. The zero-order chi connectivity index (χ0) is 12.3. The molecule has 0 unspecified atom stereocenters. The van der Waals surface area contributed by atoms with Crippen molar-refractivity contribution in [3.63, 3.8) is 0 Å². The number of pyridine rings is 1. The summed E-state index contributed by atoms with van der Waals surface area (Å²) in [6, 6.07) is 3.79. The summed E-state index contributed by atoms with van der Waals surface area (Å²) in [7, 11) is 1.82. The Bertz CT molecular complexity index is 520. The van der Waals surface area contributed by atoms with Gasteiger partial charge < -0.3 is 5.11 Å². The minimum atomic E-state index is -0.802. The first-order chi connectivity index (χ1) is 8.18. The van der Waals surface area contributed by atoms with Gasteiger partial charge in [0.05, 0.1) is 12.6 Å². The fourth-order valence-corrected chi connectivity index (χ4v) is 1.75. The molecule has 0 spiro atoms. The van der Waals surface area contributed by atoms with Crippen LogP contribution < -0.4 is 0 Å². The lowest BCUT2D eigenvalue weighted by Gasteiger charge is -2.04. The molecule has 0 aliphatic rings. The SMILES string of the molecule is Cn1ncc(-c2cccnc2)c1CCC(=O)O. The third-order valence-electron chi connectivity index (χ3n) is 2.61. The number of aromatic nitrogens is 3. The number of carbonyl (C=O) groups is 1. The molecule has 2 heterocycles. The molecule has 5 nitrogen and oxygen atoms in total. The van der Waals surface area contributed by atoms with E-state index in [1.54, 1.807) is 23.3 Å². The summed E-state index contributed by atoms with van der Waals surface area (Å²) in [5, 5.41) is 12.9. The number of carboxylic acids is 1. The van der Waals surface area contributed by atoms with Crippen LogP contribution in [0, 0.1) is 0 Å². The van der Waals surface area contributed by atoms with Crippen LogP contribution in [0.1, 0.15) is 12.1 Å². The molecule has 0 amide bonds. The third-order valence-corrected chi connectivity index (χ3v) is 2.61. The molecular formula is C12H13N3O2. The zero-order valence-corrected chi connectivity index (χ0v) is 9.50. The van der Waals surface area contributed by atoms with Crippen LogP contribution in [0.25, 0.3) is 11.1 Å².